The molecule has 8 nitrogen and oxygen atoms in total. The topological polar surface area (TPSA) is 123 Å². The predicted octanol–water partition coefficient (Wildman–Crippen LogP) is 1.80. The zero-order valence-corrected chi connectivity index (χ0v) is 15.4. The van der Waals surface area contributed by atoms with Gasteiger partial charge in [-0.1, -0.05) is 26.0 Å². The van der Waals surface area contributed by atoms with E-state index in [-0.39, 0.29) is 28.3 Å². The molecule has 0 aliphatic heterocycles. The van der Waals surface area contributed by atoms with E-state index >= 15 is 0 Å². The number of carboxylic acids is 1. The van der Waals surface area contributed by atoms with Crippen molar-refractivity contribution in [3.63, 3.8) is 0 Å². The summed E-state index contributed by atoms with van der Waals surface area (Å²) in [5, 5.41) is 9.85. The molecule has 0 amide bonds. The van der Waals surface area contributed by atoms with Gasteiger partial charge in [-0.2, -0.15) is 4.72 Å². The van der Waals surface area contributed by atoms with Crippen molar-refractivity contribution in [1.82, 2.24) is 9.71 Å². The summed E-state index contributed by atoms with van der Waals surface area (Å²) in [5.74, 6) is -1.96. The van der Waals surface area contributed by atoms with Crippen LogP contribution in [-0.4, -0.2) is 43.6 Å². The highest BCUT2D eigenvalue weighted by molar-refractivity contribution is 7.89. The van der Waals surface area contributed by atoms with E-state index in [0.717, 1.165) is 0 Å². The van der Waals surface area contributed by atoms with Gasteiger partial charge in [-0.25, -0.2) is 18.2 Å². The standard InChI is InChI=1S/C17H20N2O6S/c1-10(2)9-13(16(20)21)19-26(23,24)14-6-4-5-12-11(14)7-8-18-15(12)17(22)25-3/h4-8,10,13,19H,9H2,1-3H3,(H,20,21)/t13-/m0/s1. The molecule has 2 N–H and O–H groups in total. The van der Waals surface area contributed by atoms with Crippen molar-refractivity contribution >= 4 is 32.7 Å². The Morgan fingerprint density at radius 3 is 2.50 bits per heavy atom. The van der Waals surface area contributed by atoms with E-state index in [1.807, 2.05) is 0 Å². The molecule has 140 valence electrons. The summed E-state index contributed by atoms with van der Waals surface area (Å²) in [6.45, 7) is 3.60. The smallest absolute Gasteiger partial charge is 0.357 e. The van der Waals surface area contributed by atoms with E-state index in [9.17, 15) is 23.1 Å². The van der Waals surface area contributed by atoms with Crippen LogP contribution in [0.4, 0.5) is 0 Å². The number of carboxylic acid groups (broad SMARTS) is 1. The summed E-state index contributed by atoms with van der Waals surface area (Å²) in [4.78, 5) is 27.1. The summed E-state index contributed by atoms with van der Waals surface area (Å²) in [7, 11) is -2.93. The molecular weight excluding hydrogens is 360 g/mol. The molecule has 1 aromatic carbocycles. The molecule has 0 aliphatic carbocycles. The number of nitrogens with zero attached hydrogens (tertiary/aromatic N) is 1. The lowest BCUT2D eigenvalue weighted by atomic mass is 10.1. The lowest BCUT2D eigenvalue weighted by Gasteiger charge is -2.17. The molecular formula is C17H20N2O6S. The number of carbonyl (C=O) groups is 2. The third kappa shape index (κ3) is 4.17. The number of pyridine rings is 1. The molecule has 2 rings (SSSR count). The van der Waals surface area contributed by atoms with Gasteiger partial charge in [-0.3, -0.25) is 4.79 Å². The number of hydrogen-bond donors (Lipinski definition) is 2. The van der Waals surface area contributed by atoms with Crippen molar-refractivity contribution in [2.45, 2.75) is 31.2 Å². The molecule has 1 heterocycles. The van der Waals surface area contributed by atoms with Gasteiger partial charge in [0.15, 0.2) is 5.69 Å². The van der Waals surface area contributed by atoms with E-state index in [4.69, 9.17) is 0 Å². The van der Waals surface area contributed by atoms with Crippen molar-refractivity contribution in [3.05, 3.63) is 36.2 Å². The third-order valence-electron chi connectivity index (χ3n) is 3.74. The summed E-state index contributed by atoms with van der Waals surface area (Å²) in [6, 6.07) is 4.56. The first-order valence-electron chi connectivity index (χ1n) is 7.88. The Balaban J connectivity index is 2.55. The van der Waals surface area contributed by atoms with Gasteiger partial charge in [0, 0.05) is 17.0 Å². The quantitative estimate of drug-likeness (QED) is 0.702. The highest BCUT2D eigenvalue weighted by Crippen LogP contribution is 2.25. The number of nitrogens with one attached hydrogen (secondary N) is 1. The van der Waals surface area contributed by atoms with E-state index in [1.165, 1.54) is 31.5 Å². The van der Waals surface area contributed by atoms with Crippen molar-refractivity contribution in [2.75, 3.05) is 7.11 Å². The molecule has 0 radical (unpaired) electrons. The summed E-state index contributed by atoms with van der Waals surface area (Å²) < 4.78 is 32.5. The number of methoxy groups -OCH3 is 1. The van der Waals surface area contributed by atoms with Crippen LogP contribution in [-0.2, 0) is 19.6 Å². The Hall–Kier alpha value is -2.52. The zero-order valence-electron chi connectivity index (χ0n) is 14.6. The maximum Gasteiger partial charge on any atom is 0.357 e. The molecule has 2 aromatic rings. The fourth-order valence-electron chi connectivity index (χ4n) is 2.59. The second-order valence-electron chi connectivity index (χ2n) is 6.14. The van der Waals surface area contributed by atoms with Crippen LogP contribution in [0.15, 0.2) is 35.4 Å². The molecule has 0 aliphatic rings. The number of fused-ring (bicyclic) bond motifs is 1. The number of carbonyl (C=O) groups excluding carboxylic acids is 1. The average molecular weight is 380 g/mol. The molecule has 1 aromatic heterocycles. The van der Waals surface area contributed by atoms with Crippen molar-refractivity contribution < 1.29 is 27.9 Å². The Kier molecular flexibility index (Phi) is 5.94. The monoisotopic (exact) mass is 380 g/mol. The van der Waals surface area contributed by atoms with Gasteiger partial charge >= 0.3 is 11.9 Å². The van der Waals surface area contributed by atoms with Gasteiger partial charge < -0.3 is 9.84 Å². The first-order valence-corrected chi connectivity index (χ1v) is 9.37. The fraction of sp³-hybridized carbons (Fsp3) is 0.353. The van der Waals surface area contributed by atoms with Crippen molar-refractivity contribution in [1.29, 1.82) is 0 Å². The van der Waals surface area contributed by atoms with Gasteiger partial charge in [0.2, 0.25) is 10.0 Å². The van der Waals surface area contributed by atoms with Gasteiger partial charge in [0.1, 0.15) is 6.04 Å². The lowest BCUT2D eigenvalue weighted by molar-refractivity contribution is -0.139. The van der Waals surface area contributed by atoms with Crippen molar-refractivity contribution in [3.8, 4) is 0 Å². The fourth-order valence-corrected chi connectivity index (χ4v) is 4.02. The molecule has 26 heavy (non-hydrogen) atoms. The minimum Gasteiger partial charge on any atom is -0.480 e. The minimum atomic E-state index is -4.14. The van der Waals surface area contributed by atoms with Crippen LogP contribution in [0.2, 0.25) is 0 Å². The van der Waals surface area contributed by atoms with E-state index in [2.05, 4.69) is 14.4 Å². The molecule has 0 unspecified atom stereocenters. The summed E-state index contributed by atoms with van der Waals surface area (Å²) in [5.41, 5.74) is -0.0148. The second kappa shape index (κ2) is 7.79. The van der Waals surface area contributed by atoms with Crippen LogP contribution >= 0.6 is 0 Å². The van der Waals surface area contributed by atoms with Crippen molar-refractivity contribution in [2.24, 2.45) is 5.92 Å². The number of aromatic nitrogens is 1. The summed E-state index contributed by atoms with van der Waals surface area (Å²) >= 11 is 0. The molecule has 1 atom stereocenters. The van der Waals surface area contributed by atoms with Crippen LogP contribution in [0.5, 0.6) is 0 Å². The minimum absolute atomic E-state index is 0.0126. The SMILES string of the molecule is COC(=O)c1nccc2c(S(=O)(=O)N[C@@H](CC(C)C)C(=O)O)cccc12. The Morgan fingerprint density at radius 2 is 1.92 bits per heavy atom. The summed E-state index contributed by atoms with van der Waals surface area (Å²) in [6.07, 6.45) is 1.45. The number of sulfonamides is 1. The first kappa shape index (κ1) is 19.8. The van der Waals surface area contributed by atoms with E-state index in [1.54, 1.807) is 19.9 Å². The van der Waals surface area contributed by atoms with Crippen LogP contribution < -0.4 is 4.72 Å². The Morgan fingerprint density at radius 1 is 1.23 bits per heavy atom. The van der Waals surface area contributed by atoms with E-state index < -0.39 is 28.0 Å². The molecule has 0 saturated carbocycles. The lowest BCUT2D eigenvalue weighted by Crippen LogP contribution is -2.41. The maximum atomic E-state index is 12.8. The Bertz CT molecular complexity index is 939. The largest absolute Gasteiger partial charge is 0.480 e. The molecule has 0 fully saturated rings. The zero-order chi connectivity index (χ0) is 19.5. The molecule has 0 spiro atoms. The normalized spacial score (nSPS) is 12.9. The van der Waals surface area contributed by atoms with Gasteiger partial charge in [-0.15, -0.1) is 0 Å². The van der Waals surface area contributed by atoms with Crippen LogP contribution in [0.1, 0.15) is 30.8 Å². The highest BCUT2D eigenvalue weighted by atomic mass is 32.2. The molecule has 0 bridgehead atoms. The second-order valence-corrected chi connectivity index (χ2v) is 7.83. The number of aliphatic carboxylic acids is 1. The number of benzene rings is 1. The average Bonchev–Trinajstić information content (AvgIpc) is 2.58. The van der Waals surface area contributed by atoms with Gasteiger partial charge in [0.25, 0.3) is 0 Å². The first-order chi connectivity index (χ1) is 12.2. The van der Waals surface area contributed by atoms with E-state index in [0.29, 0.717) is 5.39 Å². The highest BCUT2D eigenvalue weighted by Gasteiger charge is 2.28. The van der Waals surface area contributed by atoms with Gasteiger partial charge in [-0.05, 0) is 24.5 Å². The number of hydrogen-bond acceptors (Lipinski definition) is 6. The van der Waals surface area contributed by atoms with Gasteiger partial charge in [0.05, 0.1) is 12.0 Å². The number of esters is 1. The van der Waals surface area contributed by atoms with Crippen LogP contribution in [0.3, 0.4) is 0 Å². The molecule has 9 heteroatoms. The Labute approximate surface area is 151 Å². The van der Waals surface area contributed by atoms with Crippen LogP contribution in [0.25, 0.3) is 10.8 Å². The number of rotatable bonds is 7. The predicted molar refractivity (Wildman–Crippen MR) is 94.3 cm³/mol. The number of ether oxygens (including phenoxy) is 1. The third-order valence-corrected chi connectivity index (χ3v) is 5.27. The maximum absolute atomic E-state index is 12.8. The van der Waals surface area contributed by atoms with Crippen LogP contribution in [0, 0.1) is 5.92 Å². The molecule has 0 saturated heterocycles.